The second-order valence-electron chi connectivity index (χ2n) is 8.43. The number of phenolic OH excluding ortho intramolecular Hbond substituents is 1. The fraction of sp³-hybridized carbons (Fsp3) is 0.381. The van der Waals surface area contributed by atoms with Gasteiger partial charge in [0.15, 0.2) is 11.4 Å². The summed E-state index contributed by atoms with van der Waals surface area (Å²) in [5, 5.41) is 43.1. The Hall–Kier alpha value is -2.95. The minimum Gasteiger partial charge on any atom is -0.510 e. The molecule has 0 saturated heterocycles. The molecule has 0 spiro atoms. The smallest absolute Gasteiger partial charge is 0.255 e. The van der Waals surface area contributed by atoms with Gasteiger partial charge in [-0.15, -0.1) is 0 Å². The first kappa shape index (κ1) is 22.3. The molecule has 4 rings (SSSR count). The van der Waals surface area contributed by atoms with Gasteiger partial charge in [0, 0.05) is 28.0 Å². The number of aliphatic hydroxyl groups excluding tert-OH is 2. The Labute approximate surface area is 186 Å². The lowest BCUT2D eigenvalue weighted by atomic mass is 9.58. The van der Waals surface area contributed by atoms with E-state index in [0.717, 1.165) is 6.07 Å². The summed E-state index contributed by atoms with van der Waals surface area (Å²) in [5.41, 5.74) is 0.160. The number of nitrogens with two attached hydrogens (primary N) is 1. The SMILES string of the molecule is CN(C)[C@@H]1C(O)=C(C(N)=O)C(=O)[C@@]2(O)C(O)=C3C(=O)c4c(O)ccc(Cl)c4[C@H](F)[C@H]3C[C@@H]12. The number of aliphatic hydroxyl groups is 3. The Morgan fingerprint density at radius 1 is 1.25 bits per heavy atom. The van der Waals surface area contributed by atoms with Gasteiger partial charge in [-0.3, -0.25) is 19.3 Å². The first-order valence-electron chi connectivity index (χ1n) is 9.65. The number of ketones is 2. The highest BCUT2D eigenvalue weighted by molar-refractivity contribution is 6.33. The van der Waals surface area contributed by atoms with Crippen molar-refractivity contribution in [3.63, 3.8) is 0 Å². The molecule has 3 aliphatic rings. The van der Waals surface area contributed by atoms with Crippen LogP contribution >= 0.6 is 11.6 Å². The number of halogens is 2. The Balaban J connectivity index is 2.02. The number of hydrogen-bond donors (Lipinski definition) is 5. The van der Waals surface area contributed by atoms with Crippen molar-refractivity contribution in [2.75, 3.05) is 14.1 Å². The van der Waals surface area contributed by atoms with Crippen LogP contribution in [0.1, 0.15) is 28.5 Å². The molecule has 3 aliphatic carbocycles. The summed E-state index contributed by atoms with van der Waals surface area (Å²) in [6.45, 7) is 0. The number of carbonyl (C=O) groups excluding carboxylic acids is 3. The van der Waals surface area contributed by atoms with E-state index in [2.05, 4.69) is 0 Å². The van der Waals surface area contributed by atoms with Crippen LogP contribution in [0, 0.1) is 11.8 Å². The van der Waals surface area contributed by atoms with Gasteiger partial charge in [-0.05, 0) is 32.6 Å². The molecule has 32 heavy (non-hydrogen) atoms. The lowest BCUT2D eigenvalue weighted by Gasteiger charge is -2.50. The number of amides is 1. The minimum atomic E-state index is -2.82. The molecule has 0 bridgehead atoms. The molecule has 5 atom stereocenters. The number of fused-ring (bicyclic) bond motifs is 3. The lowest BCUT2D eigenvalue weighted by Crippen LogP contribution is -2.64. The summed E-state index contributed by atoms with van der Waals surface area (Å²) in [5.74, 6) is -8.83. The molecule has 1 amide bonds. The van der Waals surface area contributed by atoms with Crippen molar-refractivity contribution in [1.82, 2.24) is 4.90 Å². The Kier molecular flexibility index (Phi) is 4.89. The van der Waals surface area contributed by atoms with Crippen LogP contribution in [-0.4, -0.2) is 68.5 Å². The van der Waals surface area contributed by atoms with E-state index in [0.29, 0.717) is 0 Å². The Morgan fingerprint density at radius 3 is 2.44 bits per heavy atom. The second kappa shape index (κ2) is 7.03. The summed E-state index contributed by atoms with van der Waals surface area (Å²) in [6.07, 6.45) is -2.33. The number of Topliss-reactive ketones (excluding diaryl/α,β-unsaturated/α-hetero) is 2. The van der Waals surface area contributed by atoms with Crippen LogP contribution in [-0.2, 0) is 9.59 Å². The van der Waals surface area contributed by atoms with Crippen LogP contribution in [0.3, 0.4) is 0 Å². The number of hydrogen-bond acceptors (Lipinski definition) is 8. The average Bonchev–Trinajstić information content (AvgIpc) is 2.69. The quantitative estimate of drug-likeness (QED) is 0.407. The topological polar surface area (TPSA) is 161 Å². The molecule has 0 heterocycles. The van der Waals surface area contributed by atoms with E-state index in [-0.39, 0.29) is 17.0 Å². The molecule has 0 unspecified atom stereocenters. The van der Waals surface area contributed by atoms with Crippen LogP contribution in [0.5, 0.6) is 5.75 Å². The highest BCUT2D eigenvalue weighted by Crippen LogP contribution is 2.56. The normalized spacial score (nSPS) is 32.1. The molecular weight excluding hydrogens is 447 g/mol. The van der Waals surface area contributed by atoms with Gasteiger partial charge in [0.1, 0.15) is 29.0 Å². The number of nitrogens with zero attached hydrogens (tertiary/aromatic N) is 1. The van der Waals surface area contributed by atoms with Crippen molar-refractivity contribution < 1.29 is 39.2 Å². The molecular formula is C21H20ClFN2O7. The summed E-state index contributed by atoms with van der Waals surface area (Å²) >= 11 is 6.09. The number of benzene rings is 1. The Morgan fingerprint density at radius 2 is 1.88 bits per heavy atom. The van der Waals surface area contributed by atoms with E-state index in [1.165, 1.54) is 25.1 Å². The summed E-state index contributed by atoms with van der Waals surface area (Å²) in [7, 11) is 2.96. The standard InChI is InChI=1S/C21H20ClFN2O7/c1-25(2)15-7-5-6-10(16(27)12-9(26)4-3-8(22)11(12)14(6)23)18(29)21(7,32)19(30)13(17(15)28)20(24)31/h3-4,6-7,14-15,26,28-29,32H,5H2,1-2H3,(H2,24,31)/t6-,7-,14+,15-,21-/m0/s1. The number of alkyl halides is 1. The highest BCUT2D eigenvalue weighted by atomic mass is 35.5. The number of phenols is 1. The van der Waals surface area contributed by atoms with Crippen molar-refractivity contribution in [2.24, 2.45) is 17.6 Å². The molecule has 170 valence electrons. The van der Waals surface area contributed by atoms with Gasteiger partial charge < -0.3 is 26.2 Å². The van der Waals surface area contributed by atoms with Gasteiger partial charge in [0.05, 0.1) is 11.6 Å². The first-order valence-corrected chi connectivity index (χ1v) is 10.0. The number of allylic oxidation sites excluding steroid dienone is 1. The van der Waals surface area contributed by atoms with Crippen LogP contribution in [0.15, 0.2) is 34.8 Å². The molecule has 0 aliphatic heterocycles. The van der Waals surface area contributed by atoms with Crippen molar-refractivity contribution >= 4 is 29.1 Å². The lowest BCUT2D eigenvalue weighted by molar-refractivity contribution is -0.149. The molecule has 11 heteroatoms. The van der Waals surface area contributed by atoms with E-state index in [1.807, 2.05) is 0 Å². The summed E-state index contributed by atoms with van der Waals surface area (Å²) < 4.78 is 15.7. The molecule has 0 radical (unpaired) electrons. The van der Waals surface area contributed by atoms with Crippen molar-refractivity contribution in [3.8, 4) is 5.75 Å². The third-order valence-electron chi connectivity index (χ3n) is 6.60. The molecule has 1 aromatic carbocycles. The largest absolute Gasteiger partial charge is 0.510 e. The predicted molar refractivity (Wildman–Crippen MR) is 109 cm³/mol. The number of aromatic hydroxyl groups is 1. The maximum Gasteiger partial charge on any atom is 0.255 e. The molecule has 6 N–H and O–H groups in total. The maximum absolute atomic E-state index is 15.7. The van der Waals surface area contributed by atoms with Crippen molar-refractivity contribution in [2.45, 2.75) is 24.2 Å². The summed E-state index contributed by atoms with van der Waals surface area (Å²) in [4.78, 5) is 39.6. The van der Waals surface area contributed by atoms with Gasteiger partial charge in [0.2, 0.25) is 5.78 Å². The zero-order valence-electron chi connectivity index (χ0n) is 17.0. The van der Waals surface area contributed by atoms with E-state index in [4.69, 9.17) is 17.3 Å². The molecule has 0 saturated carbocycles. The molecule has 0 fully saturated rings. The number of primary amides is 1. The van der Waals surface area contributed by atoms with Gasteiger partial charge in [-0.1, -0.05) is 11.6 Å². The molecule has 9 nitrogen and oxygen atoms in total. The van der Waals surface area contributed by atoms with Crippen LogP contribution in [0.2, 0.25) is 5.02 Å². The van der Waals surface area contributed by atoms with Gasteiger partial charge in [0.25, 0.3) is 5.91 Å². The van der Waals surface area contributed by atoms with Crippen LogP contribution in [0.4, 0.5) is 4.39 Å². The molecule has 0 aromatic heterocycles. The third kappa shape index (κ3) is 2.60. The van der Waals surface area contributed by atoms with E-state index >= 15 is 4.39 Å². The van der Waals surface area contributed by atoms with Crippen molar-refractivity contribution in [1.29, 1.82) is 0 Å². The van der Waals surface area contributed by atoms with E-state index in [1.54, 1.807) is 0 Å². The number of likely N-dealkylation sites (N-methyl/N-ethyl adjacent to an activating group) is 1. The van der Waals surface area contributed by atoms with Gasteiger partial charge >= 0.3 is 0 Å². The number of rotatable bonds is 2. The van der Waals surface area contributed by atoms with Gasteiger partial charge in [-0.2, -0.15) is 0 Å². The Bertz CT molecular complexity index is 1160. The highest BCUT2D eigenvalue weighted by Gasteiger charge is 2.64. The van der Waals surface area contributed by atoms with E-state index < -0.39 is 81.1 Å². The van der Waals surface area contributed by atoms with Crippen LogP contribution in [0.25, 0.3) is 0 Å². The zero-order valence-corrected chi connectivity index (χ0v) is 17.7. The predicted octanol–water partition coefficient (Wildman–Crippen LogP) is 1.24. The third-order valence-corrected chi connectivity index (χ3v) is 6.93. The second-order valence-corrected chi connectivity index (χ2v) is 8.83. The molecule has 1 aromatic rings. The fourth-order valence-electron chi connectivity index (χ4n) is 5.21. The average molecular weight is 467 g/mol. The first-order chi connectivity index (χ1) is 14.8. The van der Waals surface area contributed by atoms with E-state index in [9.17, 15) is 34.8 Å². The van der Waals surface area contributed by atoms with Gasteiger partial charge in [-0.25, -0.2) is 4.39 Å². The van der Waals surface area contributed by atoms with Crippen molar-refractivity contribution in [3.05, 3.63) is 50.9 Å². The minimum absolute atomic E-state index is 0.110. The maximum atomic E-state index is 15.7. The zero-order chi connectivity index (χ0) is 23.9. The monoisotopic (exact) mass is 466 g/mol. The van der Waals surface area contributed by atoms with Crippen LogP contribution < -0.4 is 5.73 Å². The fourth-order valence-corrected chi connectivity index (χ4v) is 5.47. The summed E-state index contributed by atoms with van der Waals surface area (Å²) in [6, 6.07) is 1.11. The number of carbonyl (C=O) groups is 3.